The fourth-order valence-electron chi connectivity index (χ4n) is 2.93. The number of benzene rings is 1. The number of fused-ring (bicyclic) bond motifs is 1. The Bertz CT molecular complexity index is 457. The van der Waals surface area contributed by atoms with E-state index in [4.69, 9.17) is 9.47 Å². The number of hydrogen-bond acceptors (Lipinski definition) is 3. The van der Waals surface area contributed by atoms with E-state index in [1.165, 1.54) is 12.0 Å². The van der Waals surface area contributed by atoms with Gasteiger partial charge in [0.25, 0.3) is 0 Å². The van der Waals surface area contributed by atoms with Crippen LogP contribution in [-0.2, 0) is 5.41 Å². The molecule has 0 amide bonds. The summed E-state index contributed by atoms with van der Waals surface area (Å²) in [5.74, 6) is 1.77. The van der Waals surface area contributed by atoms with Gasteiger partial charge >= 0.3 is 0 Å². The van der Waals surface area contributed by atoms with Crippen molar-refractivity contribution in [1.29, 1.82) is 0 Å². The van der Waals surface area contributed by atoms with Crippen molar-refractivity contribution in [3.63, 3.8) is 0 Å². The summed E-state index contributed by atoms with van der Waals surface area (Å²) in [5, 5.41) is 3.57. The predicted octanol–water partition coefficient (Wildman–Crippen LogP) is 3.90. The summed E-state index contributed by atoms with van der Waals surface area (Å²) < 4.78 is 11.5. The maximum absolute atomic E-state index is 5.81. The highest BCUT2D eigenvalue weighted by Gasteiger charge is 2.25. The van der Waals surface area contributed by atoms with Crippen LogP contribution in [0.2, 0.25) is 0 Å². The van der Waals surface area contributed by atoms with Crippen molar-refractivity contribution in [2.75, 3.05) is 19.8 Å². The summed E-state index contributed by atoms with van der Waals surface area (Å²) >= 11 is 0. The van der Waals surface area contributed by atoms with Crippen LogP contribution in [0.25, 0.3) is 0 Å². The van der Waals surface area contributed by atoms with Crippen molar-refractivity contribution < 1.29 is 9.47 Å². The monoisotopic (exact) mass is 291 g/mol. The third kappa shape index (κ3) is 4.37. The van der Waals surface area contributed by atoms with Crippen LogP contribution >= 0.6 is 0 Å². The van der Waals surface area contributed by atoms with Gasteiger partial charge in [-0.05, 0) is 49.4 Å². The van der Waals surface area contributed by atoms with E-state index >= 15 is 0 Å². The Morgan fingerprint density at radius 3 is 2.62 bits per heavy atom. The smallest absolute Gasteiger partial charge is 0.161 e. The molecule has 0 fully saturated rings. The highest BCUT2D eigenvalue weighted by atomic mass is 16.5. The lowest BCUT2D eigenvalue weighted by Gasteiger charge is -2.29. The lowest BCUT2D eigenvalue weighted by Crippen LogP contribution is -2.33. The largest absolute Gasteiger partial charge is 0.490 e. The molecule has 2 rings (SSSR count). The van der Waals surface area contributed by atoms with Gasteiger partial charge in [-0.1, -0.05) is 26.8 Å². The fraction of sp³-hybridized carbons (Fsp3) is 0.667. The zero-order valence-corrected chi connectivity index (χ0v) is 13.9. The van der Waals surface area contributed by atoms with Gasteiger partial charge in [-0.15, -0.1) is 0 Å². The van der Waals surface area contributed by atoms with Crippen molar-refractivity contribution in [3.05, 3.63) is 23.8 Å². The molecule has 1 aliphatic rings. The zero-order chi connectivity index (χ0) is 15.3. The molecular formula is C18H29NO2. The topological polar surface area (TPSA) is 30.5 Å². The van der Waals surface area contributed by atoms with Gasteiger partial charge in [0.05, 0.1) is 13.2 Å². The molecule has 0 saturated heterocycles. The summed E-state index contributed by atoms with van der Waals surface area (Å²) in [4.78, 5) is 0. The van der Waals surface area contributed by atoms with Gasteiger partial charge in [-0.2, -0.15) is 0 Å². The second-order valence-electron chi connectivity index (χ2n) is 6.66. The lowest BCUT2D eigenvalue weighted by atomic mass is 9.79. The first-order chi connectivity index (χ1) is 10.0. The molecule has 0 bridgehead atoms. The Morgan fingerprint density at radius 2 is 1.90 bits per heavy atom. The van der Waals surface area contributed by atoms with Crippen LogP contribution in [0, 0.1) is 0 Å². The molecule has 1 aliphatic heterocycles. The molecule has 1 atom stereocenters. The van der Waals surface area contributed by atoms with Crippen molar-refractivity contribution in [1.82, 2.24) is 5.32 Å². The maximum atomic E-state index is 5.81. The fourth-order valence-corrected chi connectivity index (χ4v) is 2.93. The average molecular weight is 291 g/mol. The zero-order valence-electron chi connectivity index (χ0n) is 13.9. The van der Waals surface area contributed by atoms with E-state index in [1.807, 2.05) is 0 Å². The van der Waals surface area contributed by atoms with Gasteiger partial charge in [0.2, 0.25) is 0 Å². The molecule has 1 aromatic carbocycles. The lowest BCUT2D eigenvalue weighted by molar-refractivity contribution is 0.296. The summed E-state index contributed by atoms with van der Waals surface area (Å²) in [6.07, 6.45) is 3.23. The first-order valence-corrected chi connectivity index (χ1v) is 8.16. The van der Waals surface area contributed by atoms with Crippen molar-refractivity contribution >= 4 is 0 Å². The molecule has 1 N–H and O–H groups in total. The summed E-state index contributed by atoms with van der Waals surface area (Å²) in [6.45, 7) is 11.6. The molecular weight excluding hydrogens is 262 g/mol. The van der Waals surface area contributed by atoms with Crippen LogP contribution in [0.3, 0.4) is 0 Å². The van der Waals surface area contributed by atoms with Gasteiger partial charge in [0.1, 0.15) is 0 Å². The van der Waals surface area contributed by atoms with E-state index in [-0.39, 0.29) is 5.41 Å². The van der Waals surface area contributed by atoms with Crippen molar-refractivity contribution in [3.8, 4) is 11.5 Å². The van der Waals surface area contributed by atoms with Gasteiger partial charge in [-0.25, -0.2) is 0 Å². The summed E-state index contributed by atoms with van der Waals surface area (Å²) in [7, 11) is 0. The first kappa shape index (κ1) is 16.2. The molecule has 0 aliphatic carbocycles. The third-order valence-electron chi connectivity index (χ3n) is 4.09. The van der Waals surface area contributed by atoms with Gasteiger partial charge in [-0.3, -0.25) is 0 Å². The van der Waals surface area contributed by atoms with Crippen molar-refractivity contribution in [2.45, 2.75) is 58.4 Å². The van der Waals surface area contributed by atoms with E-state index < -0.39 is 0 Å². The predicted molar refractivity (Wildman–Crippen MR) is 87.4 cm³/mol. The quantitative estimate of drug-likeness (QED) is 0.862. The highest BCUT2D eigenvalue weighted by molar-refractivity contribution is 5.45. The molecule has 0 saturated carbocycles. The molecule has 118 valence electrons. The first-order valence-electron chi connectivity index (χ1n) is 8.16. The van der Waals surface area contributed by atoms with Crippen LogP contribution < -0.4 is 14.8 Å². The van der Waals surface area contributed by atoms with Gasteiger partial charge < -0.3 is 14.8 Å². The normalized spacial score (nSPS) is 16.4. The van der Waals surface area contributed by atoms with Crippen molar-refractivity contribution in [2.24, 2.45) is 0 Å². The number of nitrogens with one attached hydrogen (secondary N) is 1. The van der Waals surface area contributed by atoms with Crippen LogP contribution in [0.4, 0.5) is 0 Å². The minimum atomic E-state index is 0.116. The van der Waals surface area contributed by atoms with Crippen LogP contribution in [0.1, 0.15) is 52.5 Å². The van der Waals surface area contributed by atoms with E-state index in [1.54, 1.807) is 0 Å². The molecule has 0 aromatic heterocycles. The molecule has 1 unspecified atom stereocenters. The summed E-state index contributed by atoms with van der Waals surface area (Å²) in [5.41, 5.74) is 1.43. The van der Waals surface area contributed by atoms with Crippen LogP contribution in [0.5, 0.6) is 11.5 Å². The molecule has 1 aromatic rings. The Labute approximate surface area is 129 Å². The van der Waals surface area contributed by atoms with E-state index in [2.05, 4.69) is 51.2 Å². The molecule has 0 radical (unpaired) electrons. The van der Waals surface area contributed by atoms with E-state index in [0.717, 1.165) is 44.1 Å². The minimum Gasteiger partial charge on any atom is -0.490 e. The molecule has 3 heteroatoms. The molecule has 0 spiro atoms. The third-order valence-corrected chi connectivity index (χ3v) is 4.09. The Morgan fingerprint density at radius 1 is 1.19 bits per heavy atom. The Hall–Kier alpha value is -1.22. The molecule has 3 nitrogen and oxygen atoms in total. The standard InChI is InChI=1S/C18H29NO2/c1-5-9-19-14(2)13-18(3,4)15-7-8-16-17(12-15)21-11-6-10-20-16/h7-8,12,14,19H,5-6,9-11,13H2,1-4H3. The molecule has 1 heterocycles. The molecule has 21 heavy (non-hydrogen) atoms. The Kier molecular flexibility index (Phi) is 5.51. The SMILES string of the molecule is CCCNC(C)CC(C)(C)c1ccc2c(c1)OCCCO2. The number of ether oxygens (including phenoxy) is 2. The second-order valence-corrected chi connectivity index (χ2v) is 6.66. The van der Waals surface area contributed by atoms with E-state index in [9.17, 15) is 0 Å². The number of hydrogen-bond donors (Lipinski definition) is 1. The highest BCUT2D eigenvalue weighted by Crippen LogP contribution is 2.36. The minimum absolute atomic E-state index is 0.116. The average Bonchev–Trinajstić information content (AvgIpc) is 2.69. The van der Waals surface area contributed by atoms with E-state index in [0.29, 0.717) is 6.04 Å². The Balaban J connectivity index is 2.10. The number of rotatable bonds is 6. The van der Waals surface area contributed by atoms with Gasteiger partial charge in [0, 0.05) is 12.5 Å². The van der Waals surface area contributed by atoms with Crippen LogP contribution in [-0.4, -0.2) is 25.8 Å². The summed E-state index contributed by atoms with van der Waals surface area (Å²) in [6, 6.07) is 6.91. The van der Waals surface area contributed by atoms with Gasteiger partial charge in [0.15, 0.2) is 11.5 Å². The second kappa shape index (κ2) is 7.17. The van der Waals surface area contributed by atoms with Crippen LogP contribution in [0.15, 0.2) is 18.2 Å². The maximum Gasteiger partial charge on any atom is 0.161 e.